The van der Waals surface area contributed by atoms with Gasteiger partial charge in [-0.05, 0) is 25.8 Å². The minimum absolute atomic E-state index is 0.960. The molecule has 100 valence electrons. The van der Waals surface area contributed by atoms with Crippen LogP contribution in [0.3, 0.4) is 0 Å². The number of nitrogens with zero attached hydrogens (tertiary/aromatic N) is 1. The molecule has 1 heterocycles. The van der Waals surface area contributed by atoms with E-state index in [2.05, 4.69) is 38.7 Å². The van der Waals surface area contributed by atoms with Gasteiger partial charge in [0.1, 0.15) is 0 Å². The highest BCUT2D eigenvalue weighted by molar-refractivity contribution is 6.80. The topological polar surface area (TPSA) is 3.24 Å². The van der Waals surface area contributed by atoms with Crippen molar-refractivity contribution in [3.63, 3.8) is 0 Å². The first kappa shape index (κ1) is 14.8. The highest BCUT2D eigenvalue weighted by Gasteiger charge is 2.26. The summed E-state index contributed by atoms with van der Waals surface area (Å²) in [5, 5.41) is 0. The number of hydrogen-bond donors (Lipinski definition) is 0. The first-order valence-corrected chi connectivity index (χ1v) is 10.4. The molecular formula is C15H31NSi. The zero-order valence-electron chi connectivity index (χ0n) is 12.4. The molecule has 0 radical (unpaired) electrons. The maximum Gasteiger partial charge on any atom is 0.0568 e. The highest BCUT2D eigenvalue weighted by atomic mass is 28.3. The average molecular weight is 254 g/mol. The number of likely N-dealkylation sites (tertiary alicyclic amines) is 1. The predicted molar refractivity (Wildman–Crippen MR) is 81.2 cm³/mol. The van der Waals surface area contributed by atoms with Gasteiger partial charge < -0.3 is 4.90 Å². The van der Waals surface area contributed by atoms with Crippen LogP contribution in [0.1, 0.15) is 47.0 Å². The Morgan fingerprint density at radius 1 is 1.12 bits per heavy atom. The van der Waals surface area contributed by atoms with Crippen molar-refractivity contribution in [1.82, 2.24) is 4.90 Å². The zero-order valence-corrected chi connectivity index (χ0v) is 13.4. The summed E-state index contributed by atoms with van der Waals surface area (Å²) in [6.45, 7) is 12.1. The molecule has 0 N–H and O–H groups in total. The largest absolute Gasteiger partial charge is 0.375 e. The second kappa shape index (κ2) is 7.25. The van der Waals surface area contributed by atoms with E-state index in [0.717, 1.165) is 0 Å². The Balaban J connectivity index is 2.57. The minimum Gasteiger partial charge on any atom is -0.375 e. The van der Waals surface area contributed by atoms with Crippen LogP contribution in [0.5, 0.6) is 0 Å². The quantitative estimate of drug-likeness (QED) is 0.584. The molecule has 1 aliphatic rings. The maximum absolute atomic E-state index is 2.58. The Morgan fingerprint density at radius 3 is 2.18 bits per heavy atom. The molecule has 0 aromatic carbocycles. The summed E-state index contributed by atoms with van der Waals surface area (Å²) in [6.07, 6.45) is 6.74. The highest BCUT2D eigenvalue weighted by Crippen LogP contribution is 2.28. The Bertz CT molecular complexity index is 237. The lowest BCUT2D eigenvalue weighted by Crippen LogP contribution is -2.31. The van der Waals surface area contributed by atoms with Gasteiger partial charge >= 0.3 is 0 Å². The summed E-state index contributed by atoms with van der Waals surface area (Å²) < 4.78 is 0. The standard InChI is InChI=1S/C15H31NSi/c1-5-13-17(6-2,7-3)14-10-15(4)16-11-8-9-12-16/h10H,5-9,11-14H2,1-4H3. The number of rotatable bonds is 7. The SMILES string of the molecule is CCC[Si](CC)(CC)CC=C(C)N1CCCC1. The van der Waals surface area contributed by atoms with Crippen LogP contribution in [0.15, 0.2) is 11.8 Å². The molecule has 1 rings (SSSR count). The third-order valence-electron chi connectivity index (χ3n) is 4.72. The van der Waals surface area contributed by atoms with Gasteiger partial charge in [0.15, 0.2) is 0 Å². The lowest BCUT2D eigenvalue weighted by atomic mass is 10.4. The molecule has 0 atom stereocenters. The second-order valence-electron chi connectivity index (χ2n) is 5.70. The molecule has 1 fully saturated rings. The third-order valence-corrected chi connectivity index (χ3v) is 10.3. The molecule has 2 heteroatoms. The van der Waals surface area contributed by atoms with Crippen molar-refractivity contribution in [3.05, 3.63) is 11.8 Å². The Labute approximate surface area is 109 Å². The van der Waals surface area contributed by atoms with Gasteiger partial charge in [-0.15, -0.1) is 0 Å². The summed E-state index contributed by atoms with van der Waals surface area (Å²) >= 11 is 0. The van der Waals surface area contributed by atoms with Crippen LogP contribution in [-0.2, 0) is 0 Å². The molecule has 0 bridgehead atoms. The monoisotopic (exact) mass is 253 g/mol. The van der Waals surface area contributed by atoms with E-state index in [4.69, 9.17) is 0 Å². The summed E-state index contributed by atoms with van der Waals surface area (Å²) in [5.41, 5.74) is 1.55. The van der Waals surface area contributed by atoms with Crippen LogP contribution in [-0.4, -0.2) is 26.1 Å². The van der Waals surface area contributed by atoms with Crippen molar-refractivity contribution in [2.24, 2.45) is 0 Å². The van der Waals surface area contributed by atoms with Crippen molar-refractivity contribution >= 4 is 8.07 Å². The van der Waals surface area contributed by atoms with Crippen LogP contribution >= 0.6 is 0 Å². The molecule has 0 amide bonds. The van der Waals surface area contributed by atoms with Gasteiger partial charge in [0, 0.05) is 18.8 Å². The zero-order chi connectivity index (χ0) is 12.7. The van der Waals surface area contributed by atoms with Crippen LogP contribution < -0.4 is 0 Å². The molecule has 1 aliphatic heterocycles. The fourth-order valence-corrected chi connectivity index (χ4v) is 6.87. The van der Waals surface area contributed by atoms with Crippen molar-refractivity contribution in [1.29, 1.82) is 0 Å². The van der Waals surface area contributed by atoms with Crippen LogP contribution in [0.2, 0.25) is 24.2 Å². The van der Waals surface area contributed by atoms with E-state index in [0.29, 0.717) is 0 Å². The first-order chi connectivity index (χ1) is 8.17. The lowest BCUT2D eigenvalue weighted by Gasteiger charge is -2.29. The Hall–Kier alpha value is -0.243. The third kappa shape index (κ3) is 4.17. The summed E-state index contributed by atoms with van der Waals surface area (Å²) in [5.74, 6) is 0. The first-order valence-electron chi connectivity index (χ1n) is 7.59. The van der Waals surface area contributed by atoms with E-state index in [-0.39, 0.29) is 0 Å². The van der Waals surface area contributed by atoms with E-state index in [1.54, 1.807) is 5.70 Å². The van der Waals surface area contributed by atoms with Gasteiger partial charge in [-0.3, -0.25) is 0 Å². The molecular weight excluding hydrogens is 222 g/mol. The Kier molecular flexibility index (Phi) is 6.32. The van der Waals surface area contributed by atoms with E-state index >= 15 is 0 Å². The molecule has 0 aromatic rings. The van der Waals surface area contributed by atoms with Crippen molar-refractivity contribution in [3.8, 4) is 0 Å². The van der Waals surface area contributed by atoms with Gasteiger partial charge in [-0.25, -0.2) is 0 Å². The normalized spacial score (nSPS) is 17.9. The lowest BCUT2D eigenvalue weighted by molar-refractivity contribution is 0.427. The van der Waals surface area contributed by atoms with Gasteiger partial charge in [-0.1, -0.05) is 51.4 Å². The van der Waals surface area contributed by atoms with E-state index < -0.39 is 8.07 Å². The molecule has 0 saturated carbocycles. The molecule has 17 heavy (non-hydrogen) atoms. The van der Waals surface area contributed by atoms with Gasteiger partial charge in [0.2, 0.25) is 0 Å². The molecule has 0 aliphatic carbocycles. The van der Waals surface area contributed by atoms with Gasteiger partial charge in [-0.2, -0.15) is 0 Å². The van der Waals surface area contributed by atoms with Crippen molar-refractivity contribution < 1.29 is 0 Å². The van der Waals surface area contributed by atoms with Crippen LogP contribution in [0, 0.1) is 0 Å². The molecule has 1 nitrogen and oxygen atoms in total. The Morgan fingerprint density at radius 2 is 1.71 bits per heavy atom. The molecule has 0 unspecified atom stereocenters. The average Bonchev–Trinajstić information content (AvgIpc) is 2.88. The van der Waals surface area contributed by atoms with Gasteiger partial charge in [0.05, 0.1) is 8.07 Å². The van der Waals surface area contributed by atoms with E-state index in [1.165, 1.54) is 56.5 Å². The van der Waals surface area contributed by atoms with Crippen molar-refractivity contribution in [2.45, 2.75) is 71.1 Å². The van der Waals surface area contributed by atoms with Crippen LogP contribution in [0.4, 0.5) is 0 Å². The number of allylic oxidation sites excluding steroid dienone is 2. The van der Waals surface area contributed by atoms with Crippen LogP contribution in [0.25, 0.3) is 0 Å². The second-order valence-corrected chi connectivity index (χ2v) is 11.0. The van der Waals surface area contributed by atoms with Crippen molar-refractivity contribution in [2.75, 3.05) is 13.1 Å². The maximum atomic E-state index is 2.58. The van der Waals surface area contributed by atoms with Gasteiger partial charge in [0.25, 0.3) is 0 Å². The number of hydrogen-bond acceptors (Lipinski definition) is 1. The molecule has 0 spiro atoms. The smallest absolute Gasteiger partial charge is 0.0568 e. The fraction of sp³-hybridized carbons (Fsp3) is 0.867. The van der Waals surface area contributed by atoms with E-state index in [1.807, 2.05) is 0 Å². The summed E-state index contributed by atoms with van der Waals surface area (Å²) in [4.78, 5) is 2.58. The fourth-order valence-electron chi connectivity index (χ4n) is 3.09. The predicted octanol–water partition coefficient (Wildman–Crippen LogP) is 4.88. The molecule has 1 saturated heterocycles. The molecule has 0 aromatic heterocycles. The minimum atomic E-state index is -0.960. The summed E-state index contributed by atoms with van der Waals surface area (Å²) in [6, 6.07) is 5.85. The van der Waals surface area contributed by atoms with E-state index in [9.17, 15) is 0 Å². The summed E-state index contributed by atoms with van der Waals surface area (Å²) in [7, 11) is -0.960.